The molecule has 0 saturated carbocycles. The van der Waals surface area contributed by atoms with Gasteiger partial charge in [-0.25, -0.2) is 0 Å². The number of piperazine rings is 1. The average molecular weight is 324 g/mol. The first-order valence-electron chi connectivity index (χ1n) is 9.32. The Bertz CT molecular complexity index is 408. The molecule has 0 amide bonds. The van der Waals surface area contributed by atoms with Gasteiger partial charge in [0.25, 0.3) is 0 Å². The van der Waals surface area contributed by atoms with E-state index in [1.807, 2.05) is 0 Å². The third kappa shape index (κ3) is 4.00. The number of hydrogen-bond donors (Lipinski definition) is 1. The summed E-state index contributed by atoms with van der Waals surface area (Å²) in [4.78, 5) is 12.4. The van der Waals surface area contributed by atoms with Gasteiger partial charge in [0.1, 0.15) is 0 Å². The molecule has 134 valence electrons. The van der Waals surface area contributed by atoms with Crippen LogP contribution >= 0.6 is 0 Å². The lowest BCUT2D eigenvalue weighted by Crippen LogP contribution is -2.72. The van der Waals surface area contributed by atoms with Crippen LogP contribution in [0.1, 0.15) is 41.5 Å². The van der Waals surface area contributed by atoms with E-state index in [4.69, 9.17) is 4.99 Å². The van der Waals surface area contributed by atoms with Crippen molar-refractivity contribution in [3.8, 4) is 0 Å². The van der Waals surface area contributed by atoms with Gasteiger partial charge in [-0.15, -0.1) is 0 Å². The predicted molar refractivity (Wildman–Crippen MR) is 99.1 cm³/mol. The fourth-order valence-electron chi connectivity index (χ4n) is 3.42. The van der Waals surface area contributed by atoms with Crippen molar-refractivity contribution in [3.63, 3.8) is 0 Å². The Morgan fingerprint density at radius 2 is 1.61 bits per heavy atom. The van der Waals surface area contributed by atoms with Crippen molar-refractivity contribution in [1.82, 2.24) is 20.0 Å². The molecular weight excluding hydrogens is 286 g/mol. The summed E-state index contributed by atoms with van der Waals surface area (Å²) in [5, 5.41) is 3.48. The van der Waals surface area contributed by atoms with E-state index in [1.165, 1.54) is 32.7 Å². The third-order valence-electron chi connectivity index (χ3n) is 6.06. The summed E-state index contributed by atoms with van der Waals surface area (Å²) in [7, 11) is 0. The Morgan fingerprint density at radius 3 is 2.09 bits per heavy atom. The highest BCUT2D eigenvalue weighted by molar-refractivity contribution is 5.82. The maximum atomic E-state index is 4.91. The van der Waals surface area contributed by atoms with Gasteiger partial charge >= 0.3 is 0 Å². The smallest absolute Gasteiger partial charge is 0.194 e. The maximum Gasteiger partial charge on any atom is 0.194 e. The molecule has 23 heavy (non-hydrogen) atoms. The van der Waals surface area contributed by atoms with E-state index in [1.54, 1.807) is 0 Å². The van der Waals surface area contributed by atoms with Gasteiger partial charge in [0, 0.05) is 56.8 Å². The van der Waals surface area contributed by atoms with Crippen molar-refractivity contribution in [3.05, 3.63) is 0 Å². The molecule has 2 heterocycles. The predicted octanol–water partition coefficient (Wildman–Crippen LogP) is 1.71. The van der Waals surface area contributed by atoms with Crippen molar-refractivity contribution in [2.45, 2.75) is 47.1 Å². The first-order chi connectivity index (χ1) is 10.8. The Balaban J connectivity index is 1.86. The zero-order valence-corrected chi connectivity index (χ0v) is 16.2. The summed E-state index contributed by atoms with van der Waals surface area (Å²) in [6.45, 7) is 23.7. The quantitative estimate of drug-likeness (QED) is 0.617. The minimum atomic E-state index is 0.167. The summed E-state index contributed by atoms with van der Waals surface area (Å²) in [5.74, 6) is 1.09. The first kappa shape index (κ1) is 18.5. The second-order valence-electron chi connectivity index (χ2n) is 8.04. The Kier molecular flexibility index (Phi) is 5.95. The molecule has 2 fully saturated rings. The van der Waals surface area contributed by atoms with Crippen LogP contribution < -0.4 is 5.32 Å². The van der Waals surface area contributed by atoms with E-state index in [0.29, 0.717) is 5.41 Å². The fourth-order valence-corrected chi connectivity index (χ4v) is 3.42. The second-order valence-corrected chi connectivity index (χ2v) is 8.04. The Labute approximate surface area is 143 Å². The summed E-state index contributed by atoms with van der Waals surface area (Å²) in [6, 6.07) is 0. The molecular formula is C18H37N5. The van der Waals surface area contributed by atoms with Crippen LogP contribution in [0.15, 0.2) is 4.99 Å². The van der Waals surface area contributed by atoms with E-state index >= 15 is 0 Å². The average Bonchev–Trinajstić information content (AvgIpc) is 2.52. The summed E-state index contributed by atoms with van der Waals surface area (Å²) in [5.41, 5.74) is 0.514. The van der Waals surface area contributed by atoms with Crippen molar-refractivity contribution in [2.75, 3.05) is 58.9 Å². The SMILES string of the molecule is CCNC(=NCCN1CCN(CC)CC1)N1CC(C)(C)C1(C)C. The van der Waals surface area contributed by atoms with Crippen LogP contribution in [0, 0.1) is 5.41 Å². The Hall–Kier alpha value is -0.810. The van der Waals surface area contributed by atoms with Gasteiger partial charge in [0.15, 0.2) is 5.96 Å². The molecule has 2 saturated heterocycles. The van der Waals surface area contributed by atoms with E-state index in [2.05, 4.69) is 61.6 Å². The van der Waals surface area contributed by atoms with Crippen molar-refractivity contribution >= 4 is 5.96 Å². The van der Waals surface area contributed by atoms with Gasteiger partial charge in [-0.2, -0.15) is 0 Å². The van der Waals surface area contributed by atoms with Gasteiger partial charge in [-0.3, -0.25) is 9.89 Å². The van der Waals surface area contributed by atoms with Gasteiger partial charge in [-0.05, 0) is 27.3 Å². The number of guanidine groups is 1. The lowest BCUT2D eigenvalue weighted by molar-refractivity contribution is -0.0667. The van der Waals surface area contributed by atoms with Crippen molar-refractivity contribution < 1.29 is 0 Å². The van der Waals surface area contributed by atoms with Crippen LogP contribution in [0.2, 0.25) is 0 Å². The standard InChI is InChI=1S/C18H37N5/c1-7-19-16(23-15-17(3,4)18(23,5)6)20-9-10-22-13-11-21(8-2)12-14-22/h7-15H2,1-6H3,(H,19,20). The minimum absolute atomic E-state index is 0.167. The summed E-state index contributed by atoms with van der Waals surface area (Å²) in [6.07, 6.45) is 0. The minimum Gasteiger partial charge on any atom is -0.356 e. The van der Waals surface area contributed by atoms with Crippen LogP contribution in [0.25, 0.3) is 0 Å². The molecule has 0 aromatic heterocycles. The van der Waals surface area contributed by atoms with Gasteiger partial charge in [-0.1, -0.05) is 20.8 Å². The van der Waals surface area contributed by atoms with Gasteiger partial charge < -0.3 is 15.1 Å². The summed E-state index contributed by atoms with van der Waals surface area (Å²) >= 11 is 0. The molecule has 0 atom stereocenters. The normalized spacial score (nSPS) is 25.3. The van der Waals surface area contributed by atoms with Crippen LogP contribution in [0.5, 0.6) is 0 Å². The van der Waals surface area contributed by atoms with E-state index in [0.717, 1.165) is 32.1 Å². The molecule has 0 aromatic carbocycles. The van der Waals surface area contributed by atoms with E-state index < -0.39 is 0 Å². The van der Waals surface area contributed by atoms with Crippen molar-refractivity contribution in [1.29, 1.82) is 0 Å². The number of likely N-dealkylation sites (N-methyl/N-ethyl adjacent to an activating group) is 1. The lowest BCUT2D eigenvalue weighted by atomic mass is 9.65. The molecule has 0 aliphatic carbocycles. The monoisotopic (exact) mass is 323 g/mol. The molecule has 2 rings (SSSR count). The molecule has 0 radical (unpaired) electrons. The van der Waals surface area contributed by atoms with E-state index in [-0.39, 0.29) is 5.54 Å². The summed E-state index contributed by atoms with van der Waals surface area (Å²) < 4.78 is 0. The van der Waals surface area contributed by atoms with Crippen LogP contribution in [0.4, 0.5) is 0 Å². The maximum absolute atomic E-state index is 4.91. The van der Waals surface area contributed by atoms with Crippen molar-refractivity contribution in [2.24, 2.45) is 10.4 Å². The molecule has 0 bridgehead atoms. The zero-order chi connectivity index (χ0) is 17.1. The molecule has 5 heteroatoms. The number of hydrogen-bond acceptors (Lipinski definition) is 3. The zero-order valence-electron chi connectivity index (χ0n) is 16.2. The Morgan fingerprint density at radius 1 is 1.00 bits per heavy atom. The topological polar surface area (TPSA) is 34.1 Å². The van der Waals surface area contributed by atoms with E-state index in [9.17, 15) is 0 Å². The molecule has 0 spiro atoms. The highest BCUT2D eigenvalue weighted by atomic mass is 15.4. The van der Waals surface area contributed by atoms with Crippen LogP contribution in [-0.2, 0) is 0 Å². The van der Waals surface area contributed by atoms with Crippen LogP contribution in [0.3, 0.4) is 0 Å². The number of nitrogens with zero attached hydrogens (tertiary/aromatic N) is 4. The third-order valence-corrected chi connectivity index (χ3v) is 6.06. The number of aliphatic imine (C=N–C) groups is 1. The number of nitrogens with one attached hydrogen (secondary N) is 1. The highest BCUT2D eigenvalue weighted by Crippen LogP contribution is 2.46. The second kappa shape index (κ2) is 7.39. The first-order valence-corrected chi connectivity index (χ1v) is 9.32. The number of likely N-dealkylation sites (tertiary alicyclic amines) is 1. The fraction of sp³-hybridized carbons (Fsp3) is 0.944. The molecule has 5 nitrogen and oxygen atoms in total. The van der Waals surface area contributed by atoms with Crippen LogP contribution in [-0.4, -0.2) is 85.1 Å². The molecule has 1 N–H and O–H groups in total. The largest absolute Gasteiger partial charge is 0.356 e. The molecule has 2 aliphatic rings. The van der Waals surface area contributed by atoms with Gasteiger partial charge in [0.2, 0.25) is 0 Å². The molecule has 0 unspecified atom stereocenters. The number of rotatable bonds is 5. The molecule has 0 aromatic rings. The molecule has 2 aliphatic heterocycles. The lowest BCUT2D eigenvalue weighted by Gasteiger charge is -2.62. The van der Waals surface area contributed by atoms with Gasteiger partial charge in [0.05, 0.1) is 6.54 Å². The highest BCUT2D eigenvalue weighted by Gasteiger charge is 2.53.